The van der Waals surface area contributed by atoms with Crippen LogP contribution in [-0.4, -0.2) is 95.4 Å². The van der Waals surface area contributed by atoms with E-state index in [0.29, 0.717) is 19.6 Å². The van der Waals surface area contributed by atoms with Crippen LogP contribution in [0.4, 0.5) is 4.79 Å². The zero-order valence-corrected chi connectivity index (χ0v) is 17.9. The fourth-order valence-electron chi connectivity index (χ4n) is 3.01. The maximum atomic E-state index is 12.7. The maximum Gasteiger partial charge on any atom is 0.317 e. The summed E-state index contributed by atoms with van der Waals surface area (Å²) in [6.45, 7) is 2.98. The Labute approximate surface area is 181 Å². The summed E-state index contributed by atoms with van der Waals surface area (Å²) in [6.07, 6.45) is 3.95. The van der Waals surface area contributed by atoms with E-state index in [1.54, 1.807) is 6.33 Å². The Kier molecular flexibility index (Phi) is 12.3. The Hall–Kier alpha value is -3.18. The highest BCUT2D eigenvalue weighted by Crippen LogP contribution is 2.14. The predicted octanol–water partition coefficient (Wildman–Crippen LogP) is 1.22. The molecule has 4 N–H and O–H groups in total. The van der Waals surface area contributed by atoms with Crippen molar-refractivity contribution in [3.8, 4) is 0 Å². The number of likely N-dealkylation sites (N-methyl/N-ethyl adjacent to an activating group) is 1. The van der Waals surface area contributed by atoms with E-state index in [4.69, 9.17) is 24.5 Å². The van der Waals surface area contributed by atoms with Crippen molar-refractivity contribution in [1.29, 1.82) is 0 Å². The van der Waals surface area contributed by atoms with Crippen molar-refractivity contribution in [2.45, 2.75) is 25.5 Å². The number of rotatable bonds is 7. The SMILES string of the molecule is CN(C)CCN(CC1CCCO1)C(=O)NCc1ccc2nc[nH]c2c1.O=CO.O=CO. The topological polar surface area (TPSA) is 148 Å². The fourth-order valence-corrected chi connectivity index (χ4v) is 3.01. The van der Waals surface area contributed by atoms with E-state index in [9.17, 15) is 4.79 Å². The van der Waals surface area contributed by atoms with Gasteiger partial charge in [0.25, 0.3) is 12.9 Å². The molecule has 3 rings (SSSR count). The van der Waals surface area contributed by atoms with Crippen LogP contribution in [0.5, 0.6) is 0 Å². The largest absolute Gasteiger partial charge is 0.483 e. The minimum Gasteiger partial charge on any atom is -0.483 e. The van der Waals surface area contributed by atoms with Crippen LogP contribution < -0.4 is 5.32 Å². The molecule has 1 aromatic heterocycles. The van der Waals surface area contributed by atoms with Crippen LogP contribution in [0, 0.1) is 0 Å². The third-order valence-corrected chi connectivity index (χ3v) is 4.48. The third-order valence-electron chi connectivity index (χ3n) is 4.48. The van der Waals surface area contributed by atoms with Crippen molar-refractivity contribution in [2.24, 2.45) is 0 Å². The zero-order chi connectivity index (χ0) is 23.1. The van der Waals surface area contributed by atoms with Crippen molar-refractivity contribution in [3.05, 3.63) is 30.1 Å². The van der Waals surface area contributed by atoms with Gasteiger partial charge >= 0.3 is 6.03 Å². The molecule has 31 heavy (non-hydrogen) atoms. The molecule has 0 saturated carbocycles. The molecule has 11 nitrogen and oxygen atoms in total. The summed E-state index contributed by atoms with van der Waals surface area (Å²) in [7, 11) is 4.03. The molecule has 1 atom stereocenters. The van der Waals surface area contributed by atoms with Crippen LogP contribution in [0.2, 0.25) is 0 Å². The zero-order valence-electron chi connectivity index (χ0n) is 17.9. The molecule has 0 bridgehead atoms. The summed E-state index contributed by atoms with van der Waals surface area (Å²) in [5.41, 5.74) is 2.96. The molecule has 2 amide bonds. The number of aromatic amines is 1. The number of H-pyrrole nitrogens is 1. The number of nitrogens with one attached hydrogen (secondary N) is 2. The predicted molar refractivity (Wildman–Crippen MR) is 115 cm³/mol. The average molecular weight is 437 g/mol. The van der Waals surface area contributed by atoms with Gasteiger partial charge in [0, 0.05) is 32.8 Å². The number of benzene rings is 1. The van der Waals surface area contributed by atoms with Crippen molar-refractivity contribution >= 4 is 30.0 Å². The normalized spacial score (nSPS) is 14.7. The molecular weight excluding hydrogens is 406 g/mol. The summed E-state index contributed by atoms with van der Waals surface area (Å²) in [5.74, 6) is 0. The van der Waals surface area contributed by atoms with Gasteiger partial charge in [0.1, 0.15) is 0 Å². The Morgan fingerprint density at radius 2 is 2.00 bits per heavy atom. The van der Waals surface area contributed by atoms with E-state index in [-0.39, 0.29) is 25.1 Å². The standard InChI is InChI=1S/C18H27N5O2.2CH2O2/c1-22(2)7-8-23(12-15-4-3-9-25-15)18(24)19-11-14-5-6-16-17(10-14)21-13-20-16;2*2-1-3/h5-6,10,13,15H,3-4,7-9,11-12H2,1-2H3,(H,19,24)(H,20,21);2*1H,(H,2,3). The van der Waals surface area contributed by atoms with Gasteiger partial charge in [0.05, 0.1) is 23.5 Å². The van der Waals surface area contributed by atoms with Gasteiger partial charge in [0.15, 0.2) is 0 Å². The van der Waals surface area contributed by atoms with Crippen LogP contribution in [-0.2, 0) is 20.9 Å². The number of amides is 2. The lowest BCUT2D eigenvalue weighted by molar-refractivity contribution is -0.123. The second-order valence-electron chi connectivity index (χ2n) is 7.01. The molecule has 1 aromatic carbocycles. The Morgan fingerprint density at radius 3 is 2.61 bits per heavy atom. The number of fused-ring (bicyclic) bond motifs is 1. The minimum absolute atomic E-state index is 0.0398. The summed E-state index contributed by atoms with van der Waals surface area (Å²) >= 11 is 0. The van der Waals surface area contributed by atoms with E-state index in [1.165, 1.54) is 0 Å². The van der Waals surface area contributed by atoms with Gasteiger partial charge in [-0.15, -0.1) is 0 Å². The fraction of sp³-hybridized carbons (Fsp3) is 0.500. The summed E-state index contributed by atoms with van der Waals surface area (Å²) in [4.78, 5) is 40.6. The number of nitrogens with zero attached hydrogens (tertiary/aromatic N) is 3. The molecule has 172 valence electrons. The number of hydrogen-bond acceptors (Lipinski definition) is 6. The van der Waals surface area contributed by atoms with E-state index in [1.807, 2.05) is 37.2 Å². The lowest BCUT2D eigenvalue weighted by atomic mass is 10.2. The first kappa shape index (κ1) is 25.9. The highest BCUT2D eigenvalue weighted by Gasteiger charge is 2.22. The lowest BCUT2D eigenvalue weighted by Gasteiger charge is -2.27. The summed E-state index contributed by atoms with van der Waals surface area (Å²) in [5, 5.41) is 16.8. The summed E-state index contributed by atoms with van der Waals surface area (Å²) in [6, 6.07) is 5.94. The van der Waals surface area contributed by atoms with Crippen molar-refractivity contribution in [2.75, 3.05) is 40.3 Å². The molecule has 1 fully saturated rings. The van der Waals surface area contributed by atoms with Crippen LogP contribution in [0.25, 0.3) is 11.0 Å². The molecule has 2 heterocycles. The van der Waals surface area contributed by atoms with Crippen LogP contribution in [0.1, 0.15) is 18.4 Å². The van der Waals surface area contributed by atoms with Gasteiger partial charge in [-0.25, -0.2) is 9.78 Å². The smallest absolute Gasteiger partial charge is 0.317 e. The van der Waals surface area contributed by atoms with Gasteiger partial charge in [0.2, 0.25) is 0 Å². The van der Waals surface area contributed by atoms with Crippen molar-refractivity contribution in [3.63, 3.8) is 0 Å². The first-order valence-corrected chi connectivity index (χ1v) is 9.82. The van der Waals surface area contributed by atoms with E-state index in [0.717, 1.165) is 42.6 Å². The maximum absolute atomic E-state index is 12.7. The molecule has 1 aliphatic rings. The first-order valence-electron chi connectivity index (χ1n) is 9.82. The molecule has 0 radical (unpaired) electrons. The molecular formula is C20H31N5O6. The summed E-state index contributed by atoms with van der Waals surface area (Å²) < 4.78 is 5.70. The molecule has 0 spiro atoms. The molecule has 1 unspecified atom stereocenters. The van der Waals surface area contributed by atoms with Gasteiger partial charge in [-0.3, -0.25) is 9.59 Å². The van der Waals surface area contributed by atoms with Crippen LogP contribution in [0.3, 0.4) is 0 Å². The number of imidazole rings is 1. The number of carbonyl (C=O) groups excluding carboxylic acids is 1. The van der Waals surface area contributed by atoms with Crippen LogP contribution in [0.15, 0.2) is 24.5 Å². The number of aromatic nitrogens is 2. The highest BCUT2D eigenvalue weighted by molar-refractivity contribution is 5.76. The quantitative estimate of drug-likeness (QED) is 0.473. The lowest BCUT2D eigenvalue weighted by Crippen LogP contribution is -2.46. The van der Waals surface area contributed by atoms with E-state index >= 15 is 0 Å². The second-order valence-corrected chi connectivity index (χ2v) is 7.01. The van der Waals surface area contributed by atoms with Gasteiger partial charge < -0.3 is 35.1 Å². The van der Waals surface area contributed by atoms with E-state index < -0.39 is 0 Å². The minimum atomic E-state index is -0.250. The number of hydrogen-bond donors (Lipinski definition) is 4. The number of urea groups is 1. The highest BCUT2D eigenvalue weighted by atomic mass is 16.5. The monoisotopic (exact) mass is 437 g/mol. The molecule has 1 saturated heterocycles. The van der Waals surface area contributed by atoms with Crippen molar-refractivity contribution < 1.29 is 29.3 Å². The number of carbonyl (C=O) groups is 3. The van der Waals surface area contributed by atoms with Gasteiger partial charge in [-0.05, 0) is 44.6 Å². The van der Waals surface area contributed by atoms with Crippen LogP contribution >= 0.6 is 0 Å². The first-order chi connectivity index (χ1) is 14.9. The molecule has 1 aliphatic heterocycles. The molecule has 2 aromatic rings. The van der Waals surface area contributed by atoms with Crippen molar-refractivity contribution in [1.82, 2.24) is 25.1 Å². The Morgan fingerprint density at radius 1 is 1.29 bits per heavy atom. The molecule has 0 aliphatic carbocycles. The average Bonchev–Trinajstić information content (AvgIpc) is 3.41. The second kappa shape index (κ2) is 14.7. The Bertz CT molecular complexity index is 785. The Balaban J connectivity index is 0.000000720. The number of carboxylic acid groups (broad SMARTS) is 2. The van der Waals surface area contributed by atoms with Gasteiger partial charge in [-0.2, -0.15) is 0 Å². The van der Waals surface area contributed by atoms with E-state index in [2.05, 4.69) is 20.2 Å². The van der Waals surface area contributed by atoms with Gasteiger partial charge in [-0.1, -0.05) is 6.07 Å². The number of ether oxygens (including phenoxy) is 1. The molecule has 11 heteroatoms. The third kappa shape index (κ3) is 9.92.